The fraction of sp³-hybridized carbons (Fsp3) is 0.250. The number of carbonyl (C=O) groups excluding carboxylic acids is 3. The van der Waals surface area contributed by atoms with Gasteiger partial charge in [0.15, 0.2) is 0 Å². The third-order valence-corrected chi connectivity index (χ3v) is 4.96. The van der Waals surface area contributed by atoms with Crippen LogP contribution in [0.3, 0.4) is 0 Å². The maximum atomic E-state index is 12.3. The molecule has 2 N–H and O–H groups in total. The Kier molecular flexibility index (Phi) is 3.69. The number of imide groups is 1. The van der Waals surface area contributed by atoms with Crippen LogP contribution in [0.15, 0.2) is 29.2 Å². The van der Waals surface area contributed by atoms with Gasteiger partial charge in [-0.2, -0.15) is 0 Å². The lowest BCUT2D eigenvalue weighted by Crippen LogP contribution is -2.50. The number of benzene rings is 1. The predicted octanol–water partition coefficient (Wildman–Crippen LogP) is -0.325. The number of amides is 4. The smallest absolute Gasteiger partial charge is 0.321 e. The molecule has 1 aromatic rings. The summed E-state index contributed by atoms with van der Waals surface area (Å²) in [5.74, 6) is -1.68. The third-order valence-electron chi connectivity index (χ3n) is 3.05. The van der Waals surface area contributed by atoms with E-state index in [1.807, 2.05) is 5.32 Å². The average molecular weight is 311 g/mol. The van der Waals surface area contributed by atoms with E-state index in [9.17, 15) is 22.8 Å². The first kappa shape index (κ1) is 15.0. The van der Waals surface area contributed by atoms with Crippen LogP contribution in [-0.4, -0.2) is 43.7 Å². The van der Waals surface area contributed by atoms with Gasteiger partial charge in [-0.15, -0.1) is 0 Å². The quantitative estimate of drug-likeness (QED) is 0.777. The first-order valence-electron chi connectivity index (χ1n) is 6.01. The van der Waals surface area contributed by atoms with E-state index < -0.39 is 33.9 Å². The van der Waals surface area contributed by atoms with Gasteiger partial charge in [0.1, 0.15) is 10.9 Å². The van der Waals surface area contributed by atoms with E-state index in [2.05, 4.69) is 5.32 Å². The molecule has 21 heavy (non-hydrogen) atoms. The Labute approximate surface area is 121 Å². The SMILES string of the molecule is CNC(=O)NC(=O)[C@@H](C)N1C(=O)c2ccccc2S1(=O)=O. The summed E-state index contributed by atoms with van der Waals surface area (Å²) in [5.41, 5.74) is 0.0112. The number of fused-ring (bicyclic) bond motifs is 1. The van der Waals surface area contributed by atoms with Crippen molar-refractivity contribution in [2.75, 3.05) is 7.05 Å². The number of urea groups is 1. The Hall–Kier alpha value is -2.42. The number of nitrogens with one attached hydrogen (secondary N) is 2. The summed E-state index contributed by atoms with van der Waals surface area (Å²) in [4.78, 5) is 35.0. The monoisotopic (exact) mass is 311 g/mol. The number of carbonyl (C=O) groups is 3. The predicted molar refractivity (Wildman–Crippen MR) is 71.9 cm³/mol. The Bertz CT molecular complexity index is 728. The molecule has 4 amide bonds. The molecule has 0 radical (unpaired) electrons. The first-order chi connectivity index (χ1) is 9.80. The van der Waals surface area contributed by atoms with Crippen molar-refractivity contribution in [3.05, 3.63) is 29.8 Å². The molecule has 0 saturated carbocycles. The summed E-state index contributed by atoms with van der Waals surface area (Å²) >= 11 is 0. The number of sulfonamides is 1. The Morgan fingerprint density at radius 1 is 1.24 bits per heavy atom. The number of rotatable bonds is 2. The van der Waals surface area contributed by atoms with Crippen molar-refractivity contribution in [3.8, 4) is 0 Å². The van der Waals surface area contributed by atoms with E-state index in [0.29, 0.717) is 4.31 Å². The van der Waals surface area contributed by atoms with E-state index in [0.717, 1.165) is 0 Å². The van der Waals surface area contributed by atoms with Crippen LogP contribution in [0.2, 0.25) is 0 Å². The molecule has 1 aliphatic rings. The Balaban J connectivity index is 2.36. The zero-order valence-corrected chi connectivity index (χ0v) is 12.1. The second kappa shape index (κ2) is 5.17. The van der Waals surface area contributed by atoms with Crippen LogP contribution in [-0.2, 0) is 14.8 Å². The van der Waals surface area contributed by atoms with Gasteiger partial charge in [0.05, 0.1) is 5.56 Å². The number of hydrogen-bond donors (Lipinski definition) is 2. The van der Waals surface area contributed by atoms with Crippen LogP contribution < -0.4 is 10.6 Å². The van der Waals surface area contributed by atoms with Crippen LogP contribution in [0.25, 0.3) is 0 Å². The molecule has 2 rings (SSSR count). The van der Waals surface area contributed by atoms with Gasteiger partial charge in [-0.05, 0) is 19.1 Å². The van der Waals surface area contributed by atoms with Crippen LogP contribution in [0, 0.1) is 0 Å². The molecule has 9 heteroatoms. The molecular formula is C12H13N3O5S. The average Bonchev–Trinajstić information content (AvgIpc) is 2.66. The van der Waals surface area contributed by atoms with Crippen molar-refractivity contribution in [1.82, 2.24) is 14.9 Å². The molecule has 0 spiro atoms. The van der Waals surface area contributed by atoms with Crippen molar-refractivity contribution in [2.45, 2.75) is 17.9 Å². The maximum Gasteiger partial charge on any atom is 0.321 e. The molecule has 8 nitrogen and oxygen atoms in total. The lowest BCUT2D eigenvalue weighted by atomic mass is 10.2. The second-order valence-electron chi connectivity index (χ2n) is 4.35. The molecule has 1 atom stereocenters. The molecule has 0 aromatic heterocycles. The first-order valence-corrected chi connectivity index (χ1v) is 7.45. The molecular weight excluding hydrogens is 298 g/mol. The lowest BCUT2D eigenvalue weighted by Gasteiger charge is -2.21. The van der Waals surface area contributed by atoms with E-state index in [1.54, 1.807) is 0 Å². The summed E-state index contributed by atoms with van der Waals surface area (Å²) in [6.07, 6.45) is 0. The van der Waals surface area contributed by atoms with Crippen molar-refractivity contribution in [2.24, 2.45) is 0 Å². The van der Waals surface area contributed by atoms with Gasteiger partial charge in [0.2, 0.25) is 0 Å². The van der Waals surface area contributed by atoms with Gasteiger partial charge in [-0.1, -0.05) is 12.1 Å². The fourth-order valence-corrected chi connectivity index (χ4v) is 3.70. The molecule has 1 aromatic carbocycles. The maximum absolute atomic E-state index is 12.3. The van der Waals surface area contributed by atoms with E-state index in [4.69, 9.17) is 0 Å². The Morgan fingerprint density at radius 2 is 1.86 bits per heavy atom. The standard InChI is InChI=1S/C12H13N3O5S/c1-7(10(16)14-12(18)13-2)15-11(17)8-5-3-4-6-9(8)21(15,19)20/h3-7H,1-2H3,(H2,13,14,16,18)/t7-/m1/s1. The van der Waals surface area contributed by atoms with Crippen LogP contribution in [0.5, 0.6) is 0 Å². The van der Waals surface area contributed by atoms with Crippen LogP contribution in [0.1, 0.15) is 17.3 Å². The highest BCUT2D eigenvalue weighted by Gasteiger charge is 2.45. The van der Waals surface area contributed by atoms with Gasteiger partial charge < -0.3 is 5.32 Å². The Morgan fingerprint density at radius 3 is 2.43 bits per heavy atom. The highest BCUT2D eigenvalue weighted by molar-refractivity contribution is 7.90. The van der Waals surface area contributed by atoms with Gasteiger partial charge in [-0.25, -0.2) is 17.5 Å². The minimum atomic E-state index is -4.09. The second-order valence-corrected chi connectivity index (χ2v) is 6.13. The molecule has 0 fully saturated rings. The van der Waals surface area contributed by atoms with E-state index in [-0.39, 0.29) is 10.5 Å². The third kappa shape index (κ3) is 2.35. The zero-order valence-electron chi connectivity index (χ0n) is 11.3. The van der Waals surface area contributed by atoms with Gasteiger partial charge in [-0.3, -0.25) is 14.9 Å². The van der Waals surface area contributed by atoms with Crippen molar-refractivity contribution in [1.29, 1.82) is 0 Å². The molecule has 0 aliphatic carbocycles. The molecule has 0 bridgehead atoms. The minimum Gasteiger partial charge on any atom is -0.341 e. The van der Waals surface area contributed by atoms with E-state index >= 15 is 0 Å². The lowest BCUT2D eigenvalue weighted by molar-refractivity contribution is -0.122. The summed E-state index contributed by atoms with van der Waals surface area (Å²) in [6.45, 7) is 1.24. The molecule has 1 aliphatic heterocycles. The van der Waals surface area contributed by atoms with Gasteiger partial charge >= 0.3 is 6.03 Å². The normalized spacial score (nSPS) is 17.0. The molecule has 0 saturated heterocycles. The van der Waals surface area contributed by atoms with E-state index in [1.165, 1.54) is 38.2 Å². The topological polar surface area (TPSA) is 113 Å². The minimum absolute atomic E-state index is 0.0112. The van der Waals surface area contributed by atoms with Crippen LogP contribution >= 0.6 is 0 Å². The number of hydrogen-bond acceptors (Lipinski definition) is 5. The van der Waals surface area contributed by atoms with Crippen molar-refractivity contribution in [3.63, 3.8) is 0 Å². The fourth-order valence-electron chi connectivity index (χ4n) is 1.97. The highest BCUT2D eigenvalue weighted by Crippen LogP contribution is 2.31. The molecule has 112 valence electrons. The summed E-state index contributed by atoms with van der Waals surface area (Å²) in [6, 6.07) is 3.57. The molecule has 1 heterocycles. The number of nitrogens with zero attached hydrogens (tertiary/aromatic N) is 1. The summed E-state index contributed by atoms with van der Waals surface area (Å²) < 4.78 is 25.1. The highest BCUT2D eigenvalue weighted by atomic mass is 32.2. The van der Waals surface area contributed by atoms with Gasteiger partial charge in [0.25, 0.3) is 21.8 Å². The van der Waals surface area contributed by atoms with Crippen molar-refractivity contribution >= 4 is 27.9 Å². The molecule has 0 unspecified atom stereocenters. The summed E-state index contributed by atoms with van der Waals surface area (Å²) in [7, 11) is -2.78. The summed E-state index contributed by atoms with van der Waals surface area (Å²) in [5, 5.41) is 4.11. The van der Waals surface area contributed by atoms with Gasteiger partial charge in [0, 0.05) is 7.05 Å². The van der Waals surface area contributed by atoms with Crippen molar-refractivity contribution < 1.29 is 22.8 Å². The van der Waals surface area contributed by atoms with Crippen LogP contribution in [0.4, 0.5) is 4.79 Å². The largest absolute Gasteiger partial charge is 0.341 e. The zero-order chi connectivity index (χ0) is 15.8.